The normalized spacial score (nSPS) is 11.2. The summed E-state index contributed by atoms with van der Waals surface area (Å²) in [4.78, 5) is 16.0. The molecule has 0 fully saturated rings. The van der Waals surface area contributed by atoms with Gasteiger partial charge in [-0.05, 0) is 47.8 Å². The summed E-state index contributed by atoms with van der Waals surface area (Å²) in [5.41, 5.74) is 0.754. The molecule has 1 amide bonds. The van der Waals surface area contributed by atoms with E-state index in [2.05, 4.69) is 15.0 Å². The molecule has 6 nitrogen and oxygen atoms in total. The number of benzene rings is 2. The highest BCUT2D eigenvalue weighted by Crippen LogP contribution is 2.29. The number of aromatic nitrogens is 1. The molecule has 0 bridgehead atoms. The molecule has 26 heavy (non-hydrogen) atoms. The summed E-state index contributed by atoms with van der Waals surface area (Å²) in [6.45, 7) is 0. The number of nitrogens with one attached hydrogen (secondary N) is 1. The summed E-state index contributed by atoms with van der Waals surface area (Å²) < 4.78 is 28.1. The smallest absolute Gasteiger partial charge is 0.255 e. The first-order valence-electron chi connectivity index (χ1n) is 7.09. The molecule has 3 rings (SSSR count). The minimum Gasteiger partial charge on any atom is -0.433 e. The van der Waals surface area contributed by atoms with Gasteiger partial charge in [-0.1, -0.05) is 29.4 Å². The van der Waals surface area contributed by atoms with Gasteiger partial charge in [0.05, 0.1) is 14.9 Å². The van der Waals surface area contributed by atoms with Crippen LogP contribution in [-0.4, -0.2) is 19.3 Å². The SMILES string of the molecule is O=C(Nc1ccc(S(=O)(=O)[N-]c2nccs2)cc1)c1ccc(Cl)c(Cl)c1. The summed E-state index contributed by atoms with van der Waals surface area (Å²) in [6.07, 6.45) is 1.47. The lowest BCUT2D eigenvalue weighted by Gasteiger charge is -2.12. The molecule has 0 atom stereocenters. The zero-order valence-electron chi connectivity index (χ0n) is 12.9. The number of sulfonamides is 1. The number of amides is 1. The average Bonchev–Trinajstić information content (AvgIpc) is 3.10. The van der Waals surface area contributed by atoms with Crippen molar-refractivity contribution in [3.63, 3.8) is 0 Å². The van der Waals surface area contributed by atoms with Gasteiger partial charge in [0.25, 0.3) is 5.91 Å². The summed E-state index contributed by atoms with van der Waals surface area (Å²) in [6, 6.07) is 10.2. The Bertz CT molecular complexity index is 1040. The molecule has 10 heteroatoms. The lowest BCUT2D eigenvalue weighted by molar-refractivity contribution is 0.102. The largest absolute Gasteiger partial charge is 0.433 e. The second-order valence-corrected chi connectivity index (χ2v) is 8.28. The maximum Gasteiger partial charge on any atom is 0.255 e. The number of thiazole rings is 1. The van der Waals surface area contributed by atoms with E-state index in [-0.39, 0.29) is 15.0 Å². The first-order chi connectivity index (χ1) is 12.3. The molecule has 0 radical (unpaired) electrons. The maximum atomic E-state index is 12.2. The lowest BCUT2D eigenvalue weighted by Crippen LogP contribution is -2.12. The standard InChI is InChI=1S/C16H11Cl2N3O3S2/c17-13-6-1-10(9-14(13)18)15(22)20-11-2-4-12(5-3-11)26(23,24)21-16-19-7-8-25-16/h1-9H,(H2,19,20,21,22)/p-1. The third-order valence-electron chi connectivity index (χ3n) is 3.21. The van der Waals surface area contributed by atoms with Crippen molar-refractivity contribution in [1.29, 1.82) is 0 Å². The number of rotatable bonds is 5. The van der Waals surface area contributed by atoms with Gasteiger partial charge in [0, 0.05) is 16.4 Å². The van der Waals surface area contributed by atoms with E-state index in [0.717, 1.165) is 11.3 Å². The number of anilines is 1. The zero-order chi connectivity index (χ0) is 18.7. The summed E-state index contributed by atoms with van der Waals surface area (Å²) in [5, 5.41) is 5.06. The molecule has 1 aromatic heterocycles. The van der Waals surface area contributed by atoms with Crippen LogP contribution in [0.3, 0.4) is 0 Å². The molecule has 0 saturated carbocycles. The summed E-state index contributed by atoms with van der Waals surface area (Å²) in [5.74, 6) is -0.397. The van der Waals surface area contributed by atoms with Crippen LogP contribution < -0.4 is 5.32 Å². The fraction of sp³-hybridized carbons (Fsp3) is 0. The Morgan fingerprint density at radius 3 is 2.42 bits per heavy atom. The van der Waals surface area contributed by atoms with Crippen molar-refractivity contribution < 1.29 is 13.2 Å². The third kappa shape index (κ3) is 4.34. The first kappa shape index (κ1) is 18.7. The first-order valence-corrected chi connectivity index (χ1v) is 10.2. The van der Waals surface area contributed by atoms with Gasteiger partial charge in [-0.25, -0.2) is 8.42 Å². The molecule has 0 saturated heterocycles. The fourth-order valence-electron chi connectivity index (χ4n) is 1.97. The van der Waals surface area contributed by atoms with Crippen molar-refractivity contribution in [1.82, 2.24) is 4.98 Å². The number of hydrogen-bond donors (Lipinski definition) is 1. The molecule has 0 aliphatic heterocycles. The topological polar surface area (TPSA) is 90.2 Å². The Balaban J connectivity index is 1.73. The van der Waals surface area contributed by atoms with Gasteiger partial charge in [0.2, 0.25) is 10.0 Å². The highest BCUT2D eigenvalue weighted by atomic mass is 35.5. The van der Waals surface area contributed by atoms with E-state index >= 15 is 0 Å². The van der Waals surface area contributed by atoms with Crippen LogP contribution in [-0.2, 0) is 10.0 Å². The van der Waals surface area contributed by atoms with Crippen LogP contribution in [0.5, 0.6) is 0 Å². The molecule has 1 N–H and O–H groups in total. The van der Waals surface area contributed by atoms with E-state index in [1.807, 2.05) is 0 Å². The molecule has 0 unspecified atom stereocenters. The molecule has 1 heterocycles. The molecular weight excluding hydrogens is 417 g/mol. The Labute approximate surface area is 163 Å². The van der Waals surface area contributed by atoms with Gasteiger partial charge in [0.15, 0.2) is 0 Å². The molecular formula is C16H10Cl2N3O3S2-. The monoisotopic (exact) mass is 426 g/mol. The number of nitrogens with zero attached hydrogens (tertiary/aromatic N) is 2. The van der Waals surface area contributed by atoms with Gasteiger partial charge < -0.3 is 15.0 Å². The van der Waals surface area contributed by atoms with Crippen molar-refractivity contribution in [2.75, 3.05) is 5.32 Å². The van der Waals surface area contributed by atoms with Gasteiger partial charge in [-0.3, -0.25) is 4.79 Å². The van der Waals surface area contributed by atoms with E-state index in [1.165, 1.54) is 48.7 Å². The van der Waals surface area contributed by atoms with Gasteiger partial charge in [0.1, 0.15) is 0 Å². The van der Waals surface area contributed by atoms with Crippen molar-refractivity contribution in [3.8, 4) is 0 Å². The lowest BCUT2D eigenvalue weighted by atomic mass is 10.2. The second kappa shape index (κ2) is 7.63. The van der Waals surface area contributed by atoms with Gasteiger partial charge in [-0.2, -0.15) is 11.3 Å². The zero-order valence-corrected chi connectivity index (χ0v) is 16.0. The van der Waals surface area contributed by atoms with Gasteiger partial charge >= 0.3 is 0 Å². The molecule has 3 aromatic rings. The fourth-order valence-corrected chi connectivity index (χ4v) is 3.94. The molecule has 2 aromatic carbocycles. The number of carbonyl (C=O) groups excluding carboxylic acids is 1. The van der Waals surface area contributed by atoms with E-state index in [9.17, 15) is 13.2 Å². The van der Waals surface area contributed by atoms with E-state index in [1.54, 1.807) is 5.38 Å². The quantitative estimate of drug-likeness (QED) is 0.614. The highest BCUT2D eigenvalue weighted by Gasteiger charge is 2.12. The van der Waals surface area contributed by atoms with E-state index < -0.39 is 15.9 Å². The maximum absolute atomic E-state index is 12.2. The number of halogens is 2. The van der Waals surface area contributed by atoms with Crippen LogP contribution >= 0.6 is 34.5 Å². The van der Waals surface area contributed by atoms with Crippen molar-refractivity contribution in [2.45, 2.75) is 4.90 Å². The Hall–Kier alpha value is -2.13. The minimum absolute atomic E-state index is 0.000219. The van der Waals surface area contributed by atoms with Crippen LogP contribution in [0.15, 0.2) is 58.9 Å². The van der Waals surface area contributed by atoms with Crippen LogP contribution in [0.1, 0.15) is 10.4 Å². The van der Waals surface area contributed by atoms with Crippen LogP contribution in [0.2, 0.25) is 10.0 Å². The number of hydrogen-bond acceptors (Lipinski definition) is 5. The predicted octanol–water partition coefficient (Wildman–Crippen LogP) is 5.10. The minimum atomic E-state index is -3.86. The van der Waals surface area contributed by atoms with Crippen molar-refractivity contribution in [3.05, 3.63) is 74.4 Å². The van der Waals surface area contributed by atoms with Crippen LogP contribution in [0.4, 0.5) is 10.8 Å². The third-order valence-corrected chi connectivity index (χ3v) is 6.01. The van der Waals surface area contributed by atoms with Gasteiger partial charge in [-0.15, -0.1) is 0 Å². The van der Waals surface area contributed by atoms with Crippen LogP contribution in [0, 0.1) is 0 Å². The summed E-state index contributed by atoms with van der Waals surface area (Å²) in [7, 11) is -3.86. The molecule has 0 aliphatic carbocycles. The molecule has 0 aliphatic rings. The highest BCUT2D eigenvalue weighted by molar-refractivity contribution is 7.94. The number of carbonyl (C=O) groups is 1. The molecule has 0 spiro atoms. The average molecular weight is 427 g/mol. The Morgan fingerprint density at radius 2 is 1.81 bits per heavy atom. The second-order valence-electron chi connectivity index (χ2n) is 4.99. The Kier molecular flexibility index (Phi) is 5.47. The van der Waals surface area contributed by atoms with Crippen molar-refractivity contribution >= 4 is 61.3 Å². The van der Waals surface area contributed by atoms with E-state index in [4.69, 9.17) is 23.2 Å². The Morgan fingerprint density at radius 1 is 1.08 bits per heavy atom. The predicted molar refractivity (Wildman–Crippen MR) is 103 cm³/mol. The van der Waals surface area contributed by atoms with Crippen LogP contribution in [0.25, 0.3) is 4.72 Å². The van der Waals surface area contributed by atoms with E-state index in [0.29, 0.717) is 16.3 Å². The summed E-state index contributed by atoms with van der Waals surface area (Å²) >= 11 is 12.8. The molecule has 134 valence electrons. The van der Waals surface area contributed by atoms with Crippen molar-refractivity contribution in [2.24, 2.45) is 0 Å².